The Morgan fingerprint density at radius 3 is 2.35 bits per heavy atom. The summed E-state index contributed by atoms with van der Waals surface area (Å²) in [5.41, 5.74) is 0.945. The molecule has 1 saturated heterocycles. The zero-order valence-corrected chi connectivity index (χ0v) is 11.2. The largest absolute Gasteiger partial charge is 0.445 e. The fourth-order valence-electron chi connectivity index (χ4n) is 3.19. The smallest absolute Gasteiger partial charge is 0.410 e. The lowest BCUT2D eigenvalue weighted by Gasteiger charge is -2.31. The lowest BCUT2D eigenvalue weighted by molar-refractivity contribution is 0.0130. The first-order valence-electron chi connectivity index (χ1n) is 6.97. The maximum atomic E-state index is 12.0. The van der Waals surface area contributed by atoms with E-state index in [1.54, 1.807) is 4.90 Å². The van der Waals surface area contributed by atoms with Gasteiger partial charge in [-0.15, -0.1) is 0 Å². The van der Waals surface area contributed by atoms with E-state index in [-0.39, 0.29) is 24.5 Å². The van der Waals surface area contributed by atoms with Gasteiger partial charge in [-0.05, 0) is 12.0 Å². The zero-order chi connectivity index (χ0) is 14.1. The van der Waals surface area contributed by atoms with E-state index in [4.69, 9.17) is 4.74 Å². The quantitative estimate of drug-likeness (QED) is 0.846. The number of aliphatic hydroxyl groups excluding tert-OH is 2. The van der Waals surface area contributed by atoms with E-state index < -0.39 is 12.2 Å². The molecule has 1 saturated carbocycles. The number of piperidine rings is 1. The number of carbonyl (C=O) groups is 1. The number of amides is 1. The van der Waals surface area contributed by atoms with E-state index in [1.807, 2.05) is 30.3 Å². The van der Waals surface area contributed by atoms with Crippen molar-refractivity contribution in [1.29, 1.82) is 0 Å². The first kappa shape index (κ1) is 13.4. The van der Waals surface area contributed by atoms with Crippen LogP contribution in [0.15, 0.2) is 30.3 Å². The zero-order valence-electron chi connectivity index (χ0n) is 11.2. The molecule has 0 radical (unpaired) electrons. The summed E-state index contributed by atoms with van der Waals surface area (Å²) < 4.78 is 5.29. The molecule has 5 nitrogen and oxygen atoms in total. The molecule has 2 fully saturated rings. The van der Waals surface area contributed by atoms with Crippen LogP contribution in [0.25, 0.3) is 0 Å². The standard InChI is InChI=1S/C15H19NO4/c17-13-11-6-12(14(13)18)8-16(7-11)15(19)20-9-10-4-2-1-3-5-10/h1-5,11-14,17-18H,6-9H2/t11-,12+,13?,14?. The molecule has 0 aromatic heterocycles. The van der Waals surface area contributed by atoms with Crippen LogP contribution in [0.5, 0.6) is 0 Å². The number of nitrogens with zero attached hydrogens (tertiary/aromatic N) is 1. The number of hydrogen-bond acceptors (Lipinski definition) is 4. The average Bonchev–Trinajstić information content (AvgIpc) is 2.69. The second-order valence-corrected chi connectivity index (χ2v) is 5.68. The van der Waals surface area contributed by atoms with Gasteiger partial charge < -0.3 is 19.8 Å². The molecule has 108 valence electrons. The maximum Gasteiger partial charge on any atom is 0.410 e. The molecule has 1 aromatic rings. The van der Waals surface area contributed by atoms with Crippen molar-refractivity contribution in [2.24, 2.45) is 11.8 Å². The van der Waals surface area contributed by atoms with Crippen LogP contribution in [0.1, 0.15) is 12.0 Å². The molecule has 2 bridgehead atoms. The molecule has 2 N–H and O–H groups in total. The van der Waals surface area contributed by atoms with Gasteiger partial charge in [0.25, 0.3) is 0 Å². The van der Waals surface area contributed by atoms with Gasteiger partial charge >= 0.3 is 6.09 Å². The lowest BCUT2D eigenvalue weighted by atomic mass is 9.99. The Kier molecular flexibility index (Phi) is 3.63. The van der Waals surface area contributed by atoms with Gasteiger partial charge in [0.1, 0.15) is 6.61 Å². The summed E-state index contributed by atoms with van der Waals surface area (Å²) in [6.45, 7) is 1.17. The molecular weight excluding hydrogens is 258 g/mol. The average molecular weight is 277 g/mol. The van der Waals surface area contributed by atoms with E-state index >= 15 is 0 Å². The summed E-state index contributed by atoms with van der Waals surface area (Å²) >= 11 is 0. The first-order chi connectivity index (χ1) is 9.65. The molecule has 2 aliphatic rings. The summed E-state index contributed by atoms with van der Waals surface area (Å²) in [7, 11) is 0. The Balaban J connectivity index is 1.56. The Morgan fingerprint density at radius 1 is 1.15 bits per heavy atom. The highest BCUT2D eigenvalue weighted by Gasteiger charge is 2.47. The fourth-order valence-corrected chi connectivity index (χ4v) is 3.19. The minimum Gasteiger partial charge on any atom is -0.445 e. The maximum absolute atomic E-state index is 12.0. The third-order valence-corrected chi connectivity index (χ3v) is 4.29. The molecule has 1 aliphatic carbocycles. The van der Waals surface area contributed by atoms with Gasteiger partial charge in [-0.3, -0.25) is 0 Å². The van der Waals surface area contributed by atoms with Crippen LogP contribution in [-0.4, -0.2) is 46.5 Å². The molecule has 1 heterocycles. The van der Waals surface area contributed by atoms with E-state index in [1.165, 1.54) is 0 Å². The molecule has 5 heteroatoms. The van der Waals surface area contributed by atoms with Crippen molar-refractivity contribution in [2.75, 3.05) is 13.1 Å². The molecule has 20 heavy (non-hydrogen) atoms. The van der Waals surface area contributed by atoms with Crippen LogP contribution in [0, 0.1) is 11.8 Å². The van der Waals surface area contributed by atoms with Gasteiger partial charge in [0.15, 0.2) is 0 Å². The number of benzene rings is 1. The van der Waals surface area contributed by atoms with Crippen LogP contribution >= 0.6 is 0 Å². The third kappa shape index (κ3) is 2.51. The predicted octanol–water partition coefficient (Wildman–Crippen LogP) is 0.997. The van der Waals surface area contributed by atoms with E-state index in [0.29, 0.717) is 13.1 Å². The van der Waals surface area contributed by atoms with Crippen molar-refractivity contribution in [2.45, 2.75) is 25.2 Å². The highest BCUT2D eigenvalue weighted by Crippen LogP contribution is 2.37. The summed E-state index contributed by atoms with van der Waals surface area (Å²) in [5.74, 6) is -0.0685. The van der Waals surface area contributed by atoms with E-state index in [0.717, 1.165) is 12.0 Å². The SMILES string of the molecule is O=C(OCc1ccccc1)N1C[C@H]2C[C@@H](C1)C(O)C2O. The van der Waals surface area contributed by atoms with Crippen molar-refractivity contribution < 1.29 is 19.7 Å². The molecule has 1 aromatic carbocycles. The van der Waals surface area contributed by atoms with Crippen LogP contribution in [0.3, 0.4) is 0 Å². The molecular formula is C15H19NO4. The Labute approximate surface area is 117 Å². The molecule has 3 rings (SSSR count). The van der Waals surface area contributed by atoms with Crippen molar-refractivity contribution in [1.82, 2.24) is 4.90 Å². The summed E-state index contributed by atoms with van der Waals surface area (Å²) in [4.78, 5) is 13.6. The second kappa shape index (κ2) is 5.42. The molecule has 1 aliphatic heterocycles. The summed E-state index contributed by atoms with van der Waals surface area (Å²) in [6, 6.07) is 9.52. The van der Waals surface area contributed by atoms with Crippen LogP contribution < -0.4 is 0 Å². The van der Waals surface area contributed by atoms with Gasteiger partial charge in [0.05, 0.1) is 12.2 Å². The van der Waals surface area contributed by atoms with Crippen molar-refractivity contribution in [3.63, 3.8) is 0 Å². The second-order valence-electron chi connectivity index (χ2n) is 5.68. The monoisotopic (exact) mass is 277 g/mol. The van der Waals surface area contributed by atoms with Gasteiger partial charge in [0, 0.05) is 24.9 Å². The van der Waals surface area contributed by atoms with Crippen molar-refractivity contribution in [3.05, 3.63) is 35.9 Å². The summed E-state index contributed by atoms with van der Waals surface area (Å²) in [5, 5.41) is 19.7. The number of hydrogen-bond donors (Lipinski definition) is 2. The Bertz CT molecular complexity index is 462. The minimum atomic E-state index is -0.716. The van der Waals surface area contributed by atoms with Gasteiger partial charge in [-0.2, -0.15) is 0 Å². The Morgan fingerprint density at radius 2 is 1.75 bits per heavy atom. The van der Waals surface area contributed by atoms with Gasteiger partial charge in [-0.25, -0.2) is 4.79 Å². The number of aliphatic hydroxyl groups is 2. The predicted molar refractivity (Wildman–Crippen MR) is 71.8 cm³/mol. The van der Waals surface area contributed by atoms with Gasteiger partial charge in [-0.1, -0.05) is 30.3 Å². The molecule has 0 spiro atoms. The highest BCUT2D eigenvalue weighted by molar-refractivity contribution is 5.68. The molecule has 1 amide bonds. The lowest BCUT2D eigenvalue weighted by Crippen LogP contribution is -2.42. The van der Waals surface area contributed by atoms with Crippen LogP contribution in [0.2, 0.25) is 0 Å². The minimum absolute atomic E-state index is 0.0342. The fraction of sp³-hybridized carbons (Fsp3) is 0.533. The number of fused-ring (bicyclic) bond motifs is 2. The van der Waals surface area contributed by atoms with E-state index in [2.05, 4.69) is 0 Å². The number of rotatable bonds is 2. The number of likely N-dealkylation sites (tertiary alicyclic amines) is 1. The number of ether oxygens (including phenoxy) is 1. The third-order valence-electron chi connectivity index (χ3n) is 4.29. The molecule has 2 unspecified atom stereocenters. The Hall–Kier alpha value is -1.59. The first-order valence-corrected chi connectivity index (χ1v) is 6.97. The van der Waals surface area contributed by atoms with Crippen molar-refractivity contribution in [3.8, 4) is 0 Å². The van der Waals surface area contributed by atoms with E-state index in [9.17, 15) is 15.0 Å². The number of carbonyl (C=O) groups excluding carboxylic acids is 1. The van der Waals surface area contributed by atoms with Crippen LogP contribution in [0.4, 0.5) is 4.79 Å². The van der Waals surface area contributed by atoms with Crippen molar-refractivity contribution >= 4 is 6.09 Å². The normalized spacial score (nSPS) is 32.2. The van der Waals surface area contributed by atoms with Gasteiger partial charge in [0.2, 0.25) is 0 Å². The highest BCUT2D eigenvalue weighted by atomic mass is 16.6. The topological polar surface area (TPSA) is 70.0 Å². The molecule has 4 atom stereocenters. The summed E-state index contributed by atoms with van der Waals surface area (Å²) in [6.07, 6.45) is -1.02. The van der Waals surface area contributed by atoms with Crippen LogP contribution in [-0.2, 0) is 11.3 Å².